The van der Waals surface area contributed by atoms with Crippen LogP contribution < -0.4 is 5.73 Å². The van der Waals surface area contributed by atoms with Crippen molar-refractivity contribution < 1.29 is 10.3 Å². The van der Waals surface area contributed by atoms with Crippen molar-refractivity contribution in [2.24, 2.45) is 10.9 Å². The largest absolute Gasteiger partial charge is 0.492 e. The molecule has 0 spiro atoms. The van der Waals surface area contributed by atoms with Crippen molar-refractivity contribution in [3.05, 3.63) is 22.8 Å². The molecule has 0 radical (unpaired) electrons. The Morgan fingerprint density at radius 3 is 2.83 bits per heavy atom. The molecule has 0 bridgehead atoms. The molecular weight excluding hydrogens is 182 g/mol. The van der Waals surface area contributed by atoms with Gasteiger partial charge in [0.05, 0.1) is 0 Å². The lowest BCUT2D eigenvalue weighted by atomic mass is 10.3. The first kappa shape index (κ1) is 8.61. The van der Waals surface area contributed by atoms with Gasteiger partial charge in [0.25, 0.3) is 0 Å². The molecule has 0 aliphatic carbocycles. The Morgan fingerprint density at radius 1 is 1.67 bits per heavy atom. The second-order valence-electron chi connectivity index (χ2n) is 2.01. The maximum absolute atomic E-state index is 8.91. The van der Waals surface area contributed by atoms with Crippen LogP contribution in [0.2, 0.25) is 5.02 Å². The van der Waals surface area contributed by atoms with Crippen molar-refractivity contribution >= 4 is 17.4 Å². The third kappa shape index (κ3) is 1.57. The molecule has 0 atom stereocenters. The highest BCUT2D eigenvalue weighted by atomic mass is 35.5. The molecule has 4 N–H and O–H groups in total. The monoisotopic (exact) mass is 187 g/mol. The summed E-state index contributed by atoms with van der Waals surface area (Å²) in [7, 11) is 0. The minimum Gasteiger partial charge on any atom is -0.492 e. The van der Waals surface area contributed by atoms with Gasteiger partial charge < -0.3 is 16.0 Å². The van der Waals surface area contributed by atoms with Crippen molar-refractivity contribution in [3.8, 4) is 5.88 Å². The average molecular weight is 188 g/mol. The van der Waals surface area contributed by atoms with Crippen molar-refractivity contribution in [2.75, 3.05) is 0 Å². The number of oxime groups is 1. The normalized spacial score (nSPS) is 11.6. The van der Waals surface area contributed by atoms with Gasteiger partial charge in [0.2, 0.25) is 5.88 Å². The van der Waals surface area contributed by atoms with Gasteiger partial charge in [-0.3, -0.25) is 0 Å². The Hall–Kier alpha value is -1.49. The van der Waals surface area contributed by atoms with Crippen LogP contribution in [0.1, 0.15) is 5.56 Å². The maximum Gasteiger partial charge on any atom is 0.230 e. The predicted octanol–water partition coefficient (Wildman–Crippen LogP) is 0.535. The van der Waals surface area contributed by atoms with Gasteiger partial charge in [-0.15, -0.1) is 0 Å². The zero-order valence-corrected chi connectivity index (χ0v) is 6.65. The lowest BCUT2D eigenvalue weighted by Gasteiger charge is -1.99. The molecule has 12 heavy (non-hydrogen) atoms. The van der Waals surface area contributed by atoms with Crippen molar-refractivity contribution in [2.45, 2.75) is 0 Å². The van der Waals surface area contributed by atoms with E-state index in [1.54, 1.807) is 0 Å². The summed E-state index contributed by atoms with van der Waals surface area (Å²) in [6.07, 6.45) is 1.25. The quantitative estimate of drug-likeness (QED) is 0.259. The Balaban J connectivity index is 3.13. The molecule has 1 aromatic rings. The molecule has 6 heteroatoms. The SMILES string of the molecule is N/C(=N\O)c1cnc(O)c(Cl)c1. The first-order valence-corrected chi connectivity index (χ1v) is 3.35. The Kier molecular flexibility index (Phi) is 2.35. The second-order valence-corrected chi connectivity index (χ2v) is 2.42. The molecule has 0 fully saturated rings. The van der Waals surface area contributed by atoms with Crippen molar-refractivity contribution in [1.82, 2.24) is 4.98 Å². The van der Waals surface area contributed by atoms with Gasteiger partial charge in [0.15, 0.2) is 5.84 Å². The molecule has 0 unspecified atom stereocenters. The van der Waals surface area contributed by atoms with Gasteiger partial charge in [0.1, 0.15) is 5.02 Å². The summed E-state index contributed by atoms with van der Waals surface area (Å²) >= 11 is 5.51. The topological polar surface area (TPSA) is 91.7 Å². The van der Waals surface area contributed by atoms with Crippen molar-refractivity contribution in [3.63, 3.8) is 0 Å². The molecular formula is C6H6ClN3O2. The summed E-state index contributed by atoms with van der Waals surface area (Å²) in [5.74, 6) is -0.393. The molecule has 0 aliphatic rings. The molecule has 0 amide bonds. The predicted molar refractivity (Wildman–Crippen MR) is 43.4 cm³/mol. The minimum absolute atomic E-state index is 0.0547. The zero-order valence-electron chi connectivity index (χ0n) is 5.90. The van der Waals surface area contributed by atoms with E-state index in [1.807, 2.05) is 0 Å². The number of aromatic hydroxyl groups is 1. The van der Waals surface area contributed by atoms with E-state index in [4.69, 9.17) is 27.6 Å². The number of nitrogens with zero attached hydrogens (tertiary/aromatic N) is 2. The first-order chi connectivity index (χ1) is 5.65. The van der Waals surface area contributed by atoms with E-state index in [9.17, 15) is 0 Å². The van der Waals surface area contributed by atoms with Gasteiger partial charge in [-0.05, 0) is 6.07 Å². The summed E-state index contributed by atoms with van der Waals surface area (Å²) in [6.45, 7) is 0. The van der Waals surface area contributed by atoms with Gasteiger partial charge >= 0.3 is 0 Å². The smallest absolute Gasteiger partial charge is 0.230 e. The van der Waals surface area contributed by atoms with E-state index in [2.05, 4.69) is 10.1 Å². The highest BCUT2D eigenvalue weighted by Crippen LogP contribution is 2.20. The average Bonchev–Trinajstić information content (AvgIpc) is 2.08. The third-order valence-electron chi connectivity index (χ3n) is 1.23. The van der Waals surface area contributed by atoms with Gasteiger partial charge in [-0.1, -0.05) is 16.8 Å². The number of hydrogen-bond acceptors (Lipinski definition) is 4. The zero-order chi connectivity index (χ0) is 9.14. The van der Waals surface area contributed by atoms with Crippen LogP contribution >= 0.6 is 11.6 Å². The summed E-state index contributed by atoms with van der Waals surface area (Å²) in [6, 6.07) is 1.35. The van der Waals surface area contributed by atoms with E-state index in [0.29, 0.717) is 5.56 Å². The number of amidine groups is 1. The third-order valence-corrected chi connectivity index (χ3v) is 1.50. The Morgan fingerprint density at radius 2 is 2.33 bits per heavy atom. The van der Waals surface area contributed by atoms with Gasteiger partial charge in [-0.2, -0.15) is 0 Å². The molecule has 1 heterocycles. The van der Waals surface area contributed by atoms with Gasteiger partial charge in [0, 0.05) is 11.8 Å². The van der Waals surface area contributed by atoms with E-state index < -0.39 is 0 Å². The fraction of sp³-hybridized carbons (Fsp3) is 0. The highest BCUT2D eigenvalue weighted by molar-refractivity contribution is 6.32. The van der Waals surface area contributed by atoms with Crippen LogP contribution in [0.25, 0.3) is 0 Å². The minimum atomic E-state index is -0.286. The van der Waals surface area contributed by atoms with Crippen LogP contribution in [-0.2, 0) is 0 Å². The van der Waals surface area contributed by atoms with E-state index >= 15 is 0 Å². The summed E-state index contributed by atoms with van der Waals surface area (Å²) in [5, 5.41) is 20.0. The number of halogens is 1. The molecule has 0 aliphatic heterocycles. The highest BCUT2D eigenvalue weighted by Gasteiger charge is 2.04. The maximum atomic E-state index is 8.91. The van der Waals surface area contributed by atoms with Crippen LogP contribution in [0.5, 0.6) is 5.88 Å². The van der Waals surface area contributed by atoms with Crippen LogP contribution in [0.3, 0.4) is 0 Å². The van der Waals surface area contributed by atoms with Crippen LogP contribution in [-0.4, -0.2) is 21.1 Å². The number of hydrogen-bond donors (Lipinski definition) is 3. The van der Waals surface area contributed by atoms with Crippen LogP contribution in [0.15, 0.2) is 17.4 Å². The Bertz CT molecular complexity index is 327. The number of pyridine rings is 1. The van der Waals surface area contributed by atoms with Crippen LogP contribution in [0, 0.1) is 0 Å². The molecule has 1 rings (SSSR count). The lowest BCUT2D eigenvalue weighted by molar-refractivity contribution is 0.318. The summed E-state index contributed by atoms with van der Waals surface area (Å²) < 4.78 is 0. The summed E-state index contributed by atoms with van der Waals surface area (Å²) in [4.78, 5) is 3.50. The molecule has 5 nitrogen and oxygen atoms in total. The second kappa shape index (κ2) is 3.27. The van der Waals surface area contributed by atoms with Gasteiger partial charge in [-0.25, -0.2) is 4.98 Å². The van der Waals surface area contributed by atoms with E-state index in [0.717, 1.165) is 0 Å². The molecule has 64 valence electrons. The first-order valence-electron chi connectivity index (χ1n) is 2.97. The molecule has 1 aromatic heterocycles. The molecule has 0 aromatic carbocycles. The van der Waals surface area contributed by atoms with E-state index in [1.165, 1.54) is 12.3 Å². The van der Waals surface area contributed by atoms with Crippen molar-refractivity contribution in [1.29, 1.82) is 0 Å². The number of nitrogens with two attached hydrogens (primary N) is 1. The Labute approximate surface area is 73.1 Å². The fourth-order valence-corrected chi connectivity index (χ4v) is 0.795. The number of aromatic nitrogens is 1. The fourth-order valence-electron chi connectivity index (χ4n) is 0.629. The van der Waals surface area contributed by atoms with E-state index in [-0.39, 0.29) is 16.7 Å². The lowest BCUT2D eigenvalue weighted by Crippen LogP contribution is -2.13. The number of rotatable bonds is 1. The van der Waals surface area contributed by atoms with Crippen LogP contribution in [0.4, 0.5) is 0 Å². The molecule has 0 saturated carbocycles. The molecule has 0 saturated heterocycles. The summed E-state index contributed by atoms with van der Waals surface area (Å²) in [5.41, 5.74) is 5.58. The standard InChI is InChI=1S/C6H6ClN3O2/c7-4-1-3(5(8)10-12)2-9-6(4)11/h1-2,12H,(H2,8,10)(H,9,11).